The minimum Gasteiger partial charge on any atom is -0.492 e. The molecule has 0 saturated carbocycles. The van der Waals surface area contributed by atoms with Gasteiger partial charge >= 0.3 is 0 Å². The van der Waals surface area contributed by atoms with Crippen molar-refractivity contribution >= 4 is 47.6 Å². The van der Waals surface area contributed by atoms with Crippen LogP contribution in [0.5, 0.6) is 5.75 Å². The van der Waals surface area contributed by atoms with Crippen LogP contribution in [0.3, 0.4) is 0 Å². The molecule has 12 heteroatoms. The summed E-state index contributed by atoms with van der Waals surface area (Å²) in [5.74, 6) is -0.0742. The van der Waals surface area contributed by atoms with Gasteiger partial charge in [0, 0.05) is 18.6 Å². The van der Waals surface area contributed by atoms with Gasteiger partial charge in [-0.15, -0.1) is 0 Å². The van der Waals surface area contributed by atoms with Crippen LogP contribution < -0.4 is 14.4 Å². The molecule has 0 aliphatic carbocycles. The number of hydrogen-bond donors (Lipinski definition) is 1. The van der Waals surface area contributed by atoms with E-state index in [1.54, 1.807) is 42.5 Å². The molecule has 0 unspecified atom stereocenters. The normalized spacial score (nSPS) is 11.8. The fourth-order valence-corrected chi connectivity index (χ4v) is 5.85. The van der Waals surface area contributed by atoms with E-state index in [1.165, 1.54) is 50.5 Å². The van der Waals surface area contributed by atoms with Crippen LogP contribution >= 0.6 is 15.9 Å². The molecule has 0 saturated heterocycles. The van der Waals surface area contributed by atoms with Gasteiger partial charge in [0.15, 0.2) is 0 Å². The van der Waals surface area contributed by atoms with Crippen LogP contribution in [0, 0.1) is 0 Å². The Kier molecular flexibility index (Phi) is 9.12. The molecule has 0 aliphatic heterocycles. The second kappa shape index (κ2) is 11.9. The van der Waals surface area contributed by atoms with Gasteiger partial charge in [-0.1, -0.05) is 40.2 Å². The van der Waals surface area contributed by atoms with Crippen molar-refractivity contribution in [1.82, 2.24) is 9.62 Å². The molecule has 0 heterocycles. The van der Waals surface area contributed by atoms with Gasteiger partial charge in [-0.05, 0) is 54.6 Å². The van der Waals surface area contributed by atoms with Crippen LogP contribution in [0.4, 0.5) is 5.69 Å². The summed E-state index contributed by atoms with van der Waals surface area (Å²) in [6.07, 6.45) is 0. The predicted octanol–water partition coefficient (Wildman–Crippen LogP) is 3.09. The van der Waals surface area contributed by atoms with Gasteiger partial charge in [0.25, 0.3) is 10.0 Å². The van der Waals surface area contributed by atoms with E-state index in [4.69, 9.17) is 4.74 Å². The standard InChI is InChI=1S/C24H26BrN3O6S2/c1-27(2)35(30,31)23-13-11-21(12-14-23)34-16-15-26-24(29)18-28(20-8-6-7-19(25)17-20)36(32,33)22-9-4-3-5-10-22/h3-14,17H,15-16,18H2,1-2H3,(H,26,29). The first kappa shape index (κ1) is 27.7. The highest BCUT2D eigenvalue weighted by molar-refractivity contribution is 9.10. The smallest absolute Gasteiger partial charge is 0.264 e. The van der Waals surface area contributed by atoms with Crippen molar-refractivity contribution < 1.29 is 26.4 Å². The van der Waals surface area contributed by atoms with Crippen molar-refractivity contribution in [2.45, 2.75) is 9.79 Å². The zero-order chi connectivity index (χ0) is 26.3. The number of sulfonamides is 2. The molecule has 0 aromatic heterocycles. The van der Waals surface area contributed by atoms with E-state index in [0.29, 0.717) is 15.9 Å². The highest BCUT2D eigenvalue weighted by atomic mass is 79.9. The van der Waals surface area contributed by atoms with Gasteiger partial charge in [0.2, 0.25) is 15.9 Å². The molecule has 0 bridgehead atoms. The van der Waals surface area contributed by atoms with E-state index in [2.05, 4.69) is 21.2 Å². The van der Waals surface area contributed by atoms with Gasteiger partial charge in [-0.25, -0.2) is 21.1 Å². The van der Waals surface area contributed by atoms with Crippen LogP contribution in [0.25, 0.3) is 0 Å². The molecule has 0 atom stereocenters. The maximum absolute atomic E-state index is 13.3. The summed E-state index contributed by atoms with van der Waals surface area (Å²) in [5.41, 5.74) is 0.340. The Morgan fingerprint density at radius 2 is 1.50 bits per heavy atom. The molecule has 0 radical (unpaired) electrons. The van der Waals surface area contributed by atoms with Crippen LogP contribution in [0.2, 0.25) is 0 Å². The topological polar surface area (TPSA) is 113 Å². The van der Waals surface area contributed by atoms with Crippen molar-refractivity contribution in [3.8, 4) is 5.75 Å². The van der Waals surface area contributed by atoms with E-state index in [-0.39, 0.29) is 22.9 Å². The number of hydrogen-bond acceptors (Lipinski definition) is 6. The lowest BCUT2D eigenvalue weighted by atomic mass is 10.3. The minimum absolute atomic E-state index is 0.0702. The van der Waals surface area contributed by atoms with E-state index in [0.717, 1.165) is 8.61 Å². The SMILES string of the molecule is CN(C)S(=O)(=O)c1ccc(OCCNC(=O)CN(c2cccc(Br)c2)S(=O)(=O)c2ccccc2)cc1. The molecule has 0 aliphatic rings. The monoisotopic (exact) mass is 595 g/mol. The lowest BCUT2D eigenvalue weighted by Gasteiger charge is -2.24. The van der Waals surface area contributed by atoms with Crippen molar-refractivity contribution in [2.24, 2.45) is 0 Å². The first-order valence-corrected chi connectivity index (χ1v) is 14.4. The highest BCUT2D eigenvalue weighted by Gasteiger charge is 2.27. The zero-order valence-corrected chi connectivity index (χ0v) is 22.9. The molecule has 9 nitrogen and oxygen atoms in total. The molecule has 192 valence electrons. The summed E-state index contributed by atoms with van der Waals surface area (Å²) in [6, 6.07) is 20.5. The number of anilines is 1. The number of benzene rings is 3. The number of carbonyl (C=O) groups excluding carboxylic acids is 1. The van der Waals surface area contributed by atoms with E-state index >= 15 is 0 Å². The quantitative estimate of drug-likeness (QED) is 0.341. The molecule has 3 rings (SSSR count). The van der Waals surface area contributed by atoms with Crippen molar-refractivity contribution in [1.29, 1.82) is 0 Å². The van der Waals surface area contributed by atoms with Gasteiger partial charge < -0.3 is 10.1 Å². The molecule has 1 amide bonds. The van der Waals surface area contributed by atoms with Gasteiger partial charge in [-0.3, -0.25) is 9.10 Å². The Bertz CT molecular complexity index is 1400. The largest absolute Gasteiger partial charge is 0.492 e. The third-order valence-corrected chi connectivity index (χ3v) is 9.12. The van der Waals surface area contributed by atoms with Crippen molar-refractivity contribution in [3.05, 3.63) is 83.3 Å². The maximum Gasteiger partial charge on any atom is 0.264 e. The summed E-state index contributed by atoms with van der Waals surface area (Å²) in [7, 11) is -4.63. The number of nitrogens with one attached hydrogen (secondary N) is 1. The lowest BCUT2D eigenvalue weighted by Crippen LogP contribution is -2.41. The third kappa shape index (κ3) is 6.84. The second-order valence-corrected chi connectivity index (χ2v) is 12.7. The minimum atomic E-state index is -3.99. The summed E-state index contributed by atoms with van der Waals surface area (Å²) in [6.45, 7) is -0.201. The Labute approximate surface area is 219 Å². The van der Waals surface area contributed by atoms with Crippen molar-refractivity contribution in [2.75, 3.05) is 38.1 Å². The number of nitrogens with zero attached hydrogens (tertiary/aromatic N) is 2. The summed E-state index contributed by atoms with van der Waals surface area (Å²) in [4.78, 5) is 12.9. The summed E-state index contributed by atoms with van der Waals surface area (Å²) >= 11 is 3.34. The van der Waals surface area contributed by atoms with Crippen LogP contribution in [-0.2, 0) is 24.8 Å². The maximum atomic E-state index is 13.3. The molecule has 1 N–H and O–H groups in total. The van der Waals surface area contributed by atoms with E-state index < -0.39 is 32.5 Å². The highest BCUT2D eigenvalue weighted by Crippen LogP contribution is 2.26. The average Bonchev–Trinajstić information content (AvgIpc) is 2.86. The van der Waals surface area contributed by atoms with Crippen LogP contribution in [-0.4, -0.2) is 60.8 Å². The van der Waals surface area contributed by atoms with Gasteiger partial charge in [0.05, 0.1) is 22.0 Å². The predicted molar refractivity (Wildman–Crippen MR) is 141 cm³/mol. The molecular weight excluding hydrogens is 570 g/mol. The average molecular weight is 597 g/mol. The summed E-state index contributed by atoms with van der Waals surface area (Å²) < 4.78 is 59.3. The zero-order valence-electron chi connectivity index (χ0n) is 19.7. The molecule has 0 fully saturated rings. The first-order valence-electron chi connectivity index (χ1n) is 10.8. The fourth-order valence-electron chi connectivity index (χ4n) is 3.13. The number of halogens is 1. The first-order chi connectivity index (χ1) is 17.0. The Balaban J connectivity index is 1.63. The molecule has 0 spiro atoms. The number of ether oxygens (including phenoxy) is 1. The molecular formula is C24H26BrN3O6S2. The summed E-state index contributed by atoms with van der Waals surface area (Å²) in [5, 5.41) is 2.66. The van der Waals surface area contributed by atoms with Gasteiger partial charge in [-0.2, -0.15) is 0 Å². The lowest BCUT2D eigenvalue weighted by molar-refractivity contribution is -0.119. The van der Waals surface area contributed by atoms with Crippen LogP contribution in [0.1, 0.15) is 0 Å². The Morgan fingerprint density at radius 3 is 2.11 bits per heavy atom. The van der Waals surface area contributed by atoms with Crippen molar-refractivity contribution in [3.63, 3.8) is 0 Å². The van der Waals surface area contributed by atoms with Gasteiger partial charge in [0.1, 0.15) is 18.9 Å². The third-order valence-electron chi connectivity index (χ3n) is 5.01. The van der Waals surface area contributed by atoms with Crippen LogP contribution in [0.15, 0.2) is 93.1 Å². The van der Waals surface area contributed by atoms with E-state index in [9.17, 15) is 21.6 Å². The molecule has 3 aromatic rings. The second-order valence-electron chi connectivity index (χ2n) is 7.76. The number of rotatable bonds is 11. The Morgan fingerprint density at radius 1 is 0.861 bits per heavy atom. The number of carbonyl (C=O) groups is 1. The molecule has 36 heavy (non-hydrogen) atoms. The Hall–Kier alpha value is -2.93. The fraction of sp³-hybridized carbons (Fsp3) is 0.208. The number of amides is 1. The van der Waals surface area contributed by atoms with E-state index in [1.807, 2.05) is 0 Å². The molecule has 3 aromatic carbocycles.